The number of ether oxygens (including phenoxy) is 1. The molecule has 172 valence electrons. The average molecular weight is 449 g/mol. The van der Waals surface area contributed by atoms with Gasteiger partial charge < -0.3 is 15.0 Å². The highest BCUT2D eigenvalue weighted by molar-refractivity contribution is 7.99. The molecule has 1 N–H and O–H groups in total. The lowest BCUT2D eigenvalue weighted by atomic mass is 9.97. The van der Waals surface area contributed by atoms with E-state index in [1.165, 1.54) is 0 Å². The van der Waals surface area contributed by atoms with Crippen molar-refractivity contribution in [3.05, 3.63) is 6.20 Å². The zero-order chi connectivity index (χ0) is 22.2. The first-order valence-corrected chi connectivity index (χ1v) is 12.4. The normalized spacial score (nSPS) is 14.7. The van der Waals surface area contributed by atoms with Crippen LogP contribution >= 0.6 is 11.8 Å². The average Bonchev–Trinajstić information content (AvgIpc) is 3.16. The maximum Gasteiger partial charge on any atom is 0.223 e. The molecule has 2 aromatic rings. The van der Waals surface area contributed by atoms with Gasteiger partial charge in [-0.3, -0.25) is 4.79 Å². The summed E-state index contributed by atoms with van der Waals surface area (Å²) < 4.78 is 7.40. The Balaban J connectivity index is 1.77. The summed E-state index contributed by atoms with van der Waals surface area (Å²) in [6.45, 7) is 12.7. The molecule has 8 nitrogen and oxygen atoms in total. The van der Waals surface area contributed by atoms with Crippen LogP contribution in [0.2, 0.25) is 0 Å². The van der Waals surface area contributed by atoms with Crippen molar-refractivity contribution in [1.82, 2.24) is 25.1 Å². The van der Waals surface area contributed by atoms with Gasteiger partial charge in [-0.25, -0.2) is 14.6 Å². The van der Waals surface area contributed by atoms with E-state index in [0.717, 1.165) is 60.8 Å². The van der Waals surface area contributed by atoms with Gasteiger partial charge in [0, 0.05) is 30.8 Å². The van der Waals surface area contributed by atoms with Crippen LogP contribution in [0.4, 0.5) is 5.82 Å². The van der Waals surface area contributed by atoms with Gasteiger partial charge in [0.15, 0.2) is 10.8 Å². The van der Waals surface area contributed by atoms with Crippen molar-refractivity contribution in [2.24, 2.45) is 5.92 Å². The molecule has 1 saturated heterocycles. The molecule has 1 fully saturated rings. The summed E-state index contributed by atoms with van der Waals surface area (Å²) >= 11 is 1.66. The fourth-order valence-corrected chi connectivity index (χ4v) is 4.60. The first kappa shape index (κ1) is 23.8. The predicted molar refractivity (Wildman–Crippen MR) is 126 cm³/mol. The Kier molecular flexibility index (Phi) is 8.95. The minimum atomic E-state index is 0.105. The van der Waals surface area contributed by atoms with Crippen LogP contribution in [-0.4, -0.2) is 63.8 Å². The fraction of sp³-hybridized carbons (Fsp3) is 0.727. The summed E-state index contributed by atoms with van der Waals surface area (Å²) in [4.78, 5) is 24.5. The summed E-state index contributed by atoms with van der Waals surface area (Å²) in [6.07, 6.45) is 5.79. The van der Waals surface area contributed by atoms with Crippen molar-refractivity contribution in [3.8, 4) is 0 Å². The van der Waals surface area contributed by atoms with E-state index in [2.05, 4.69) is 43.0 Å². The minimum Gasteiger partial charge on any atom is -0.378 e. The molecule has 0 aromatic carbocycles. The van der Waals surface area contributed by atoms with Crippen LogP contribution in [0.25, 0.3) is 11.0 Å². The Hall–Kier alpha value is -1.87. The summed E-state index contributed by atoms with van der Waals surface area (Å²) in [6, 6.07) is 0. The van der Waals surface area contributed by atoms with E-state index in [1.54, 1.807) is 11.8 Å². The lowest BCUT2D eigenvalue weighted by molar-refractivity contribution is -0.125. The van der Waals surface area contributed by atoms with E-state index >= 15 is 0 Å². The molecule has 0 atom stereocenters. The molecule has 1 amide bonds. The molecule has 3 heterocycles. The van der Waals surface area contributed by atoms with E-state index < -0.39 is 0 Å². The number of morpholine rings is 1. The van der Waals surface area contributed by atoms with E-state index in [-0.39, 0.29) is 11.8 Å². The highest BCUT2D eigenvalue weighted by atomic mass is 32.2. The largest absolute Gasteiger partial charge is 0.378 e. The smallest absolute Gasteiger partial charge is 0.223 e. The zero-order valence-corrected chi connectivity index (χ0v) is 20.1. The lowest BCUT2D eigenvalue weighted by Crippen LogP contribution is -2.37. The molecule has 2 aromatic heterocycles. The molecule has 1 aliphatic rings. The molecule has 1 aliphatic heterocycles. The van der Waals surface area contributed by atoms with Gasteiger partial charge in [0.05, 0.1) is 31.3 Å². The van der Waals surface area contributed by atoms with Crippen LogP contribution in [0.15, 0.2) is 11.4 Å². The molecule has 0 bridgehead atoms. The standard InChI is InChI=1S/C22H36N6O2S/c1-5-7-17(8-6-2)21(29)23-9-10-28-20-18(15-24-28)19(27-11-13-30-14-12-27)25-22(26-20)31-16(3)4/h15-17H,5-14H2,1-4H3,(H,23,29). The van der Waals surface area contributed by atoms with Crippen molar-refractivity contribution in [3.63, 3.8) is 0 Å². The van der Waals surface area contributed by atoms with Gasteiger partial charge in [-0.2, -0.15) is 5.10 Å². The monoisotopic (exact) mass is 448 g/mol. The number of rotatable bonds is 11. The molecular formula is C22H36N6O2S. The summed E-state index contributed by atoms with van der Waals surface area (Å²) in [5.41, 5.74) is 0.826. The first-order chi connectivity index (χ1) is 15.0. The fourth-order valence-electron chi connectivity index (χ4n) is 3.90. The Labute approximate surface area is 189 Å². The van der Waals surface area contributed by atoms with E-state index in [4.69, 9.17) is 14.7 Å². The zero-order valence-electron chi connectivity index (χ0n) is 19.3. The second-order valence-electron chi connectivity index (χ2n) is 8.27. The predicted octanol–water partition coefficient (Wildman–Crippen LogP) is 3.50. The highest BCUT2D eigenvalue weighted by Gasteiger charge is 2.21. The van der Waals surface area contributed by atoms with Gasteiger partial charge in [0.2, 0.25) is 5.91 Å². The number of carbonyl (C=O) groups is 1. The van der Waals surface area contributed by atoms with Crippen LogP contribution in [0.1, 0.15) is 53.4 Å². The third kappa shape index (κ3) is 6.32. The number of anilines is 1. The minimum absolute atomic E-state index is 0.105. The van der Waals surface area contributed by atoms with E-state index in [1.807, 2.05) is 10.9 Å². The Morgan fingerprint density at radius 1 is 1.19 bits per heavy atom. The van der Waals surface area contributed by atoms with Crippen LogP contribution in [0.3, 0.4) is 0 Å². The number of carbonyl (C=O) groups excluding carboxylic acids is 1. The summed E-state index contributed by atoms with van der Waals surface area (Å²) in [7, 11) is 0. The van der Waals surface area contributed by atoms with Crippen molar-refractivity contribution < 1.29 is 9.53 Å². The van der Waals surface area contributed by atoms with Gasteiger partial charge in [0.25, 0.3) is 0 Å². The van der Waals surface area contributed by atoms with Crippen LogP contribution < -0.4 is 10.2 Å². The lowest BCUT2D eigenvalue weighted by Gasteiger charge is -2.28. The number of thioether (sulfide) groups is 1. The summed E-state index contributed by atoms with van der Waals surface area (Å²) in [5, 5.41) is 9.79. The molecule has 3 rings (SSSR count). The summed E-state index contributed by atoms with van der Waals surface area (Å²) in [5.74, 6) is 1.19. The maximum atomic E-state index is 12.6. The van der Waals surface area contributed by atoms with Crippen molar-refractivity contribution in [2.45, 2.75) is 70.3 Å². The topological polar surface area (TPSA) is 85.2 Å². The van der Waals surface area contributed by atoms with Crippen LogP contribution in [-0.2, 0) is 16.1 Å². The molecular weight excluding hydrogens is 412 g/mol. The molecule has 9 heteroatoms. The van der Waals surface area contributed by atoms with E-state index in [9.17, 15) is 4.79 Å². The van der Waals surface area contributed by atoms with Crippen molar-refractivity contribution in [1.29, 1.82) is 0 Å². The van der Waals surface area contributed by atoms with Gasteiger partial charge >= 0.3 is 0 Å². The number of nitrogens with zero attached hydrogens (tertiary/aromatic N) is 5. The molecule has 0 spiro atoms. The van der Waals surface area contributed by atoms with Crippen molar-refractivity contribution >= 4 is 34.5 Å². The Bertz CT molecular complexity index is 844. The third-order valence-electron chi connectivity index (χ3n) is 5.38. The molecule has 31 heavy (non-hydrogen) atoms. The number of fused-ring (bicyclic) bond motifs is 1. The number of hydrogen-bond donors (Lipinski definition) is 1. The third-order valence-corrected chi connectivity index (χ3v) is 6.24. The van der Waals surface area contributed by atoms with Crippen LogP contribution in [0, 0.1) is 5.92 Å². The Morgan fingerprint density at radius 2 is 1.90 bits per heavy atom. The number of nitrogens with one attached hydrogen (secondary N) is 1. The maximum absolute atomic E-state index is 12.6. The van der Waals surface area contributed by atoms with Gasteiger partial charge in [-0.15, -0.1) is 0 Å². The van der Waals surface area contributed by atoms with Gasteiger partial charge in [-0.1, -0.05) is 52.3 Å². The number of hydrogen-bond acceptors (Lipinski definition) is 7. The Morgan fingerprint density at radius 3 is 2.55 bits per heavy atom. The van der Waals surface area contributed by atoms with Gasteiger partial charge in [-0.05, 0) is 12.8 Å². The second-order valence-corrected chi connectivity index (χ2v) is 9.81. The first-order valence-electron chi connectivity index (χ1n) is 11.5. The molecule has 0 unspecified atom stereocenters. The quantitative estimate of drug-likeness (QED) is 0.416. The molecule has 0 radical (unpaired) electrons. The van der Waals surface area contributed by atoms with Crippen LogP contribution in [0.5, 0.6) is 0 Å². The number of amides is 1. The van der Waals surface area contributed by atoms with Gasteiger partial charge in [0.1, 0.15) is 5.82 Å². The highest BCUT2D eigenvalue weighted by Crippen LogP contribution is 2.29. The second kappa shape index (κ2) is 11.7. The van der Waals surface area contributed by atoms with Crippen molar-refractivity contribution in [2.75, 3.05) is 37.7 Å². The molecule has 0 saturated carbocycles. The molecule has 0 aliphatic carbocycles. The SMILES string of the molecule is CCCC(CCC)C(=O)NCCn1ncc2c(N3CCOCC3)nc(SC(C)C)nc21. The number of aromatic nitrogens is 4. The van der Waals surface area contributed by atoms with E-state index in [0.29, 0.717) is 31.6 Å².